The number of carbonyl (C=O) groups excluding carboxylic acids is 2. The largest absolute Gasteiger partial charge is 0.467 e. The van der Waals surface area contributed by atoms with Crippen molar-refractivity contribution in [1.82, 2.24) is 5.32 Å². The molecule has 164 valence electrons. The molecule has 1 aromatic heterocycles. The smallest absolute Gasteiger partial charge is 0.261 e. The molecular weight excluding hydrogens is 430 g/mol. The van der Waals surface area contributed by atoms with Gasteiger partial charge in [-0.3, -0.25) is 19.3 Å². The van der Waals surface area contributed by atoms with Crippen LogP contribution in [-0.4, -0.2) is 26.3 Å². The van der Waals surface area contributed by atoms with Crippen LogP contribution in [0, 0.1) is 19.8 Å². The lowest BCUT2D eigenvalue weighted by atomic mass is 9.94. The first-order chi connectivity index (χ1) is 15.2. The van der Waals surface area contributed by atoms with E-state index < -0.39 is 27.6 Å². The Kier molecular flexibility index (Phi) is 5.67. The molecule has 1 aliphatic rings. The highest BCUT2D eigenvalue weighted by molar-refractivity contribution is 7.92. The van der Waals surface area contributed by atoms with Gasteiger partial charge >= 0.3 is 0 Å². The van der Waals surface area contributed by atoms with E-state index in [4.69, 9.17) is 4.42 Å². The van der Waals surface area contributed by atoms with Gasteiger partial charge < -0.3 is 9.73 Å². The van der Waals surface area contributed by atoms with E-state index in [2.05, 4.69) is 15.0 Å². The maximum absolute atomic E-state index is 13.0. The molecule has 0 saturated heterocycles. The van der Waals surface area contributed by atoms with Crippen LogP contribution in [0.5, 0.6) is 0 Å². The van der Waals surface area contributed by atoms with Crippen LogP contribution in [0.1, 0.15) is 27.2 Å². The number of amides is 1. The van der Waals surface area contributed by atoms with Crippen molar-refractivity contribution in [1.29, 1.82) is 0 Å². The average Bonchev–Trinajstić information content (AvgIpc) is 3.24. The standard InChI is InChI=1S/C23H21N3O5S/c1-14-8-15(2)10-16(9-14)26-32(29,30)18-5-6-21-19(11-18)22(27)20(13-24-21)23(28)25-12-17-4-3-7-31-17/h3-11,13,20,26H,12H2,1-2H3,(H,25,28). The Balaban J connectivity index is 1.56. The molecule has 9 heteroatoms. The second-order valence-electron chi connectivity index (χ2n) is 7.58. The van der Waals surface area contributed by atoms with Gasteiger partial charge in [-0.05, 0) is 67.4 Å². The lowest BCUT2D eigenvalue weighted by Gasteiger charge is -2.18. The first-order valence-corrected chi connectivity index (χ1v) is 11.3. The molecule has 2 aromatic carbocycles. The van der Waals surface area contributed by atoms with Crippen LogP contribution in [0.3, 0.4) is 0 Å². The number of nitrogens with one attached hydrogen (secondary N) is 2. The number of rotatable bonds is 6. The summed E-state index contributed by atoms with van der Waals surface area (Å²) in [6, 6.07) is 12.9. The Bertz CT molecular complexity index is 1310. The van der Waals surface area contributed by atoms with E-state index in [0.29, 0.717) is 17.1 Å². The fraction of sp³-hybridized carbons (Fsp3) is 0.174. The number of nitrogens with zero attached hydrogens (tertiary/aromatic N) is 1. The maximum Gasteiger partial charge on any atom is 0.261 e. The third-order valence-corrected chi connectivity index (χ3v) is 6.34. The molecular formula is C23H21N3O5S. The quantitative estimate of drug-likeness (QED) is 0.556. The van der Waals surface area contributed by atoms with Gasteiger partial charge in [0.2, 0.25) is 5.91 Å². The Morgan fingerprint density at radius 3 is 2.53 bits per heavy atom. The topological polar surface area (TPSA) is 118 Å². The molecule has 0 radical (unpaired) electrons. The minimum atomic E-state index is -3.95. The average molecular weight is 452 g/mol. The first-order valence-electron chi connectivity index (χ1n) is 9.86. The number of fused-ring (bicyclic) bond motifs is 1. The summed E-state index contributed by atoms with van der Waals surface area (Å²) in [5, 5.41) is 2.63. The molecule has 0 aliphatic carbocycles. The molecule has 0 saturated carbocycles. The minimum absolute atomic E-state index is 0.0777. The Hall–Kier alpha value is -3.72. The number of aryl methyl sites for hydroxylation is 2. The fourth-order valence-electron chi connectivity index (χ4n) is 3.51. The van der Waals surface area contributed by atoms with Crippen molar-refractivity contribution < 1.29 is 22.4 Å². The highest BCUT2D eigenvalue weighted by Gasteiger charge is 2.32. The van der Waals surface area contributed by atoms with Crippen LogP contribution >= 0.6 is 0 Å². The van der Waals surface area contributed by atoms with E-state index in [1.807, 2.05) is 19.9 Å². The van der Waals surface area contributed by atoms with E-state index in [9.17, 15) is 18.0 Å². The highest BCUT2D eigenvalue weighted by Crippen LogP contribution is 2.30. The number of aliphatic imine (C=N–C) groups is 1. The van der Waals surface area contributed by atoms with Crippen LogP contribution in [0.25, 0.3) is 0 Å². The Labute approximate surface area is 185 Å². The number of Topliss-reactive ketones (excluding diaryl/α,β-unsaturated/α-hetero) is 1. The van der Waals surface area contributed by atoms with Gasteiger partial charge in [-0.1, -0.05) is 6.07 Å². The van der Waals surface area contributed by atoms with E-state index in [1.54, 1.807) is 24.3 Å². The van der Waals surface area contributed by atoms with Gasteiger partial charge in [0.15, 0.2) is 5.78 Å². The van der Waals surface area contributed by atoms with Crippen molar-refractivity contribution in [2.24, 2.45) is 10.9 Å². The predicted molar refractivity (Wildman–Crippen MR) is 120 cm³/mol. The zero-order valence-electron chi connectivity index (χ0n) is 17.5. The molecule has 32 heavy (non-hydrogen) atoms. The van der Waals surface area contributed by atoms with Crippen molar-refractivity contribution in [3.8, 4) is 0 Å². The van der Waals surface area contributed by atoms with Crippen molar-refractivity contribution in [2.75, 3.05) is 4.72 Å². The second-order valence-corrected chi connectivity index (χ2v) is 9.26. The van der Waals surface area contributed by atoms with Crippen molar-refractivity contribution >= 4 is 39.3 Å². The minimum Gasteiger partial charge on any atom is -0.467 e. The molecule has 1 amide bonds. The van der Waals surface area contributed by atoms with E-state index in [0.717, 1.165) is 11.1 Å². The molecule has 3 aromatic rings. The highest BCUT2D eigenvalue weighted by atomic mass is 32.2. The molecule has 1 unspecified atom stereocenters. The maximum atomic E-state index is 13.0. The fourth-order valence-corrected chi connectivity index (χ4v) is 4.58. The molecule has 2 heterocycles. The van der Waals surface area contributed by atoms with Gasteiger partial charge in [0.05, 0.1) is 23.4 Å². The molecule has 1 atom stereocenters. The molecule has 2 N–H and O–H groups in total. The van der Waals surface area contributed by atoms with Gasteiger partial charge in [0.25, 0.3) is 10.0 Å². The number of hydrogen-bond acceptors (Lipinski definition) is 6. The van der Waals surface area contributed by atoms with Crippen molar-refractivity contribution in [2.45, 2.75) is 25.3 Å². The number of sulfonamides is 1. The number of furan rings is 1. The van der Waals surface area contributed by atoms with Gasteiger partial charge in [0.1, 0.15) is 11.7 Å². The van der Waals surface area contributed by atoms with E-state index in [-0.39, 0.29) is 17.0 Å². The third-order valence-electron chi connectivity index (χ3n) is 4.96. The molecule has 4 rings (SSSR count). The number of anilines is 1. The van der Waals surface area contributed by atoms with Crippen LogP contribution in [0.15, 0.2) is 69.1 Å². The molecule has 1 aliphatic heterocycles. The summed E-state index contributed by atoms with van der Waals surface area (Å²) in [6.07, 6.45) is 2.75. The van der Waals surface area contributed by atoms with Crippen LogP contribution < -0.4 is 10.0 Å². The zero-order chi connectivity index (χ0) is 22.9. The summed E-state index contributed by atoms with van der Waals surface area (Å²) in [4.78, 5) is 29.5. The number of carbonyl (C=O) groups is 2. The lowest BCUT2D eigenvalue weighted by Crippen LogP contribution is -2.37. The summed E-state index contributed by atoms with van der Waals surface area (Å²) in [5.74, 6) is -1.66. The Morgan fingerprint density at radius 2 is 1.84 bits per heavy atom. The summed E-state index contributed by atoms with van der Waals surface area (Å²) in [6.45, 7) is 3.87. The van der Waals surface area contributed by atoms with Crippen LogP contribution in [0.2, 0.25) is 0 Å². The lowest BCUT2D eigenvalue weighted by molar-refractivity contribution is -0.122. The zero-order valence-corrected chi connectivity index (χ0v) is 18.3. The number of benzene rings is 2. The normalized spacial score (nSPS) is 15.3. The first kappa shape index (κ1) is 21.5. The summed E-state index contributed by atoms with van der Waals surface area (Å²) >= 11 is 0. The van der Waals surface area contributed by atoms with E-state index in [1.165, 1.54) is 30.7 Å². The summed E-state index contributed by atoms with van der Waals surface area (Å²) in [7, 11) is -3.95. The monoisotopic (exact) mass is 451 g/mol. The third kappa shape index (κ3) is 4.47. The SMILES string of the molecule is Cc1cc(C)cc(NS(=O)(=O)c2ccc3c(c2)C(=O)C(C(=O)NCc2ccco2)C=N3)c1. The second kappa shape index (κ2) is 8.43. The number of ketones is 1. The van der Waals surface area contributed by atoms with E-state index >= 15 is 0 Å². The Morgan fingerprint density at radius 1 is 1.09 bits per heavy atom. The molecule has 8 nitrogen and oxygen atoms in total. The van der Waals surface area contributed by atoms with Crippen molar-refractivity contribution in [3.05, 3.63) is 77.2 Å². The van der Waals surface area contributed by atoms with Crippen LogP contribution in [0.4, 0.5) is 11.4 Å². The predicted octanol–water partition coefficient (Wildman–Crippen LogP) is 3.53. The van der Waals surface area contributed by atoms with Crippen molar-refractivity contribution in [3.63, 3.8) is 0 Å². The van der Waals surface area contributed by atoms with Gasteiger partial charge in [0, 0.05) is 17.5 Å². The molecule has 0 spiro atoms. The molecule has 0 fully saturated rings. The van der Waals surface area contributed by atoms with Gasteiger partial charge in [-0.15, -0.1) is 0 Å². The number of hydrogen-bond donors (Lipinski definition) is 2. The summed E-state index contributed by atoms with van der Waals surface area (Å²) in [5.41, 5.74) is 2.66. The van der Waals surface area contributed by atoms with Gasteiger partial charge in [-0.2, -0.15) is 0 Å². The summed E-state index contributed by atoms with van der Waals surface area (Å²) < 4.78 is 33.5. The molecule has 0 bridgehead atoms. The van der Waals surface area contributed by atoms with Gasteiger partial charge in [-0.25, -0.2) is 8.42 Å². The van der Waals surface area contributed by atoms with Crippen LogP contribution in [-0.2, 0) is 21.4 Å².